The van der Waals surface area contributed by atoms with Crippen LogP contribution in [0.3, 0.4) is 0 Å². The minimum Gasteiger partial charge on any atom is -0.356 e. The van der Waals surface area contributed by atoms with Gasteiger partial charge in [0, 0.05) is 12.0 Å². The maximum atomic E-state index is 11.8. The number of carbonyl (C=O) groups is 1. The second-order valence-corrected chi connectivity index (χ2v) is 6.48. The molecule has 1 saturated carbocycles. The maximum absolute atomic E-state index is 11.8. The standard InChI is InChI=1S/C10H20N2O3S/c1-10(5-2-3-6-10)9(13)12-7-4-8-16(11,14)15/h2-8H2,1H3,(H,12,13)(H2,11,14,15). The molecule has 0 aliphatic heterocycles. The molecule has 1 rings (SSSR count). The second-order valence-electron chi connectivity index (χ2n) is 4.74. The van der Waals surface area contributed by atoms with E-state index in [9.17, 15) is 13.2 Å². The zero-order chi connectivity index (χ0) is 12.2. The summed E-state index contributed by atoms with van der Waals surface area (Å²) in [6, 6.07) is 0. The van der Waals surface area contributed by atoms with E-state index in [1.54, 1.807) is 0 Å². The monoisotopic (exact) mass is 248 g/mol. The molecule has 1 aliphatic rings. The van der Waals surface area contributed by atoms with Crippen LogP contribution >= 0.6 is 0 Å². The van der Waals surface area contributed by atoms with E-state index in [2.05, 4.69) is 5.32 Å². The predicted molar refractivity (Wildman–Crippen MR) is 62.2 cm³/mol. The van der Waals surface area contributed by atoms with Gasteiger partial charge >= 0.3 is 0 Å². The highest BCUT2D eigenvalue weighted by molar-refractivity contribution is 7.89. The van der Waals surface area contributed by atoms with Crippen LogP contribution in [-0.4, -0.2) is 26.6 Å². The Kier molecular flexibility index (Phi) is 4.32. The molecule has 0 spiro atoms. The van der Waals surface area contributed by atoms with Crippen LogP contribution in [0.15, 0.2) is 0 Å². The number of sulfonamides is 1. The number of amides is 1. The molecule has 94 valence electrons. The van der Waals surface area contributed by atoms with Crippen LogP contribution in [0.25, 0.3) is 0 Å². The van der Waals surface area contributed by atoms with Crippen molar-refractivity contribution in [3.8, 4) is 0 Å². The van der Waals surface area contributed by atoms with Crippen LogP contribution in [0.4, 0.5) is 0 Å². The van der Waals surface area contributed by atoms with Gasteiger partial charge in [-0.25, -0.2) is 13.6 Å². The van der Waals surface area contributed by atoms with Crippen LogP contribution < -0.4 is 10.5 Å². The lowest BCUT2D eigenvalue weighted by atomic mass is 9.88. The quantitative estimate of drug-likeness (QED) is 0.688. The van der Waals surface area contributed by atoms with Crippen LogP contribution in [0.2, 0.25) is 0 Å². The fourth-order valence-electron chi connectivity index (χ4n) is 2.07. The molecule has 1 fully saturated rings. The summed E-state index contributed by atoms with van der Waals surface area (Å²) in [5.74, 6) is -0.0382. The van der Waals surface area contributed by atoms with Gasteiger partial charge in [0.1, 0.15) is 0 Å². The van der Waals surface area contributed by atoms with Crippen LogP contribution in [0.1, 0.15) is 39.0 Å². The van der Waals surface area contributed by atoms with Crippen molar-refractivity contribution in [2.24, 2.45) is 10.6 Å². The average Bonchev–Trinajstić information content (AvgIpc) is 2.59. The summed E-state index contributed by atoms with van der Waals surface area (Å²) in [4.78, 5) is 11.8. The first-order valence-electron chi connectivity index (χ1n) is 5.62. The van der Waals surface area contributed by atoms with E-state index >= 15 is 0 Å². The van der Waals surface area contributed by atoms with Crippen LogP contribution in [0, 0.1) is 5.41 Å². The smallest absolute Gasteiger partial charge is 0.225 e. The van der Waals surface area contributed by atoms with Gasteiger partial charge in [-0.05, 0) is 19.3 Å². The average molecular weight is 248 g/mol. The van der Waals surface area contributed by atoms with Gasteiger partial charge in [0.25, 0.3) is 0 Å². The number of nitrogens with one attached hydrogen (secondary N) is 1. The molecule has 1 aliphatic carbocycles. The number of carbonyl (C=O) groups excluding carboxylic acids is 1. The Labute approximate surface area is 96.8 Å². The Morgan fingerprint density at radius 3 is 2.44 bits per heavy atom. The molecule has 0 heterocycles. The Morgan fingerprint density at radius 2 is 1.94 bits per heavy atom. The zero-order valence-corrected chi connectivity index (χ0v) is 10.5. The number of primary sulfonamides is 1. The third-order valence-electron chi connectivity index (χ3n) is 3.15. The molecular formula is C10H20N2O3S. The van der Waals surface area contributed by atoms with Crippen LogP contribution in [0.5, 0.6) is 0 Å². The Balaban J connectivity index is 2.25. The largest absolute Gasteiger partial charge is 0.356 e. The Bertz CT molecular complexity index is 345. The second kappa shape index (κ2) is 5.14. The highest BCUT2D eigenvalue weighted by Gasteiger charge is 2.35. The first-order valence-corrected chi connectivity index (χ1v) is 7.34. The summed E-state index contributed by atoms with van der Waals surface area (Å²) in [6.07, 6.45) is 4.42. The first kappa shape index (κ1) is 13.4. The molecule has 3 N–H and O–H groups in total. The van der Waals surface area contributed by atoms with E-state index in [-0.39, 0.29) is 17.1 Å². The van der Waals surface area contributed by atoms with E-state index in [0.29, 0.717) is 13.0 Å². The summed E-state index contributed by atoms with van der Waals surface area (Å²) < 4.78 is 21.3. The summed E-state index contributed by atoms with van der Waals surface area (Å²) in [6.45, 7) is 2.35. The van der Waals surface area contributed by atoms with Crippen molar-refractivity contribution in [3.63, 3.8) is 0 Å². The van der Waals surface area contributed by atoms with Gasteiger partial charge in [0.15, 0.2) is 0 Å². The lowest BCUT2D eigenvalue weighted by molar-refractivity contribution is -0.129. The van der Waals surface area contributed by atoms with Crippen molar-refractivity contribution in [3.05, 3.63) is 0 Å². The molecule has 0 saturated heterocycles. The Hall–Kier alpha value is -0.620. The van der Waals surface area contributed by atoms with Crippen molar-refractivity contribution in [2.75, 3.05) is 12.3 Å². The van der Waals surface area contributed by atoms with E-state index in [4.69, 9.17) is 5.14 Å². The normalized spacial score (nSPS) is 19.6. The third kappa shape index (κ3) is 4.09. The molecule has 0 bridgehead atoms. The van der Waals surface area contributed by atoms with Gasteiger partial charge in [0.05, 0.1) is 5.75 Å². The minimum absolute atomic E-state index is 0.0411. The van der Waals surface area contributed by atoms with Crippen molar-refractivity contribution in [1.82, 2.24) is 5.32 Å². The first-order chi connectivity index (χ1) is 7.33. The molecule has 0 unspecified atom stereocenters. The van der Waals surface area contributed by atoms with Gasteiger partial charge in [-0.2, -0.15) is 0 Å². The number of hydrogen-bond donors (Lipinski definition) is 2. The SMILES string of the molecule is CC1(C(=O)NCCCS(N)(=O)=O)CCCC1. The molecule has 0 aromatic heterocycles. The van der Waals surface area contributed by atoms with Gasteiger partial charge in [-0.15, -0.1) is 0 Å². The van der Waals surface area contributed by atoms with Crippen molar-refractivity contribution in [1.29, 1.82) is 0 Å². The lowest BCUT2D eigenvalue weighted by Gasteiger charge is -2.22. The highest BCUT2D eigenvalue weighted by atomic mass is 32.2. The van der Waals surface area contributed by atoms with Gasteiger partial charge in [-0.1, -0.05) is 19.8 Å². The lowest BCUT2D eigenvalue weighted by Crippen LogP contribution is -2.38. The summed E-state index contributed by atoms with van der Waals surface area (Å²) in [5.41, 5.74) is -0.248. The van der Waals surface area contributed by atoms with Crippen molar-refractivity contribution >= 4 is 15.9 Å². The molecule has 16 heavy (non-hydrogen) atoms. The van der Waals surface area contributed by atoms with Crippen molar-refractivity contribution < 1.29 is 13.2 Å². The fraction of sp³-hybridized carbons (Fsp3) is 0.900. The minimum atomic E-state index is -3.41. The van der Waals surface area contributed by atoms with E-state index in [1.165, 1.54) is 0 Å². The molecule has 0 aromatic carbocycles. The van der Waals surface area contributed by atoms with E-state index in [1.807, 2.05) is 6.92 Å². The molecule has 1 amide bonds. The maximum Gasteiger partial charge on any atom is 0.225 e. The fourth-order valence-corrected chi connectivity index (χ4v) is 2.62. The van der Waals surface area contributed by atoms with Gasteiger partial charge in [0.2, 0.25) is 15.9 Å². The van der Waals surface area contributed by atoms with Gasteiger partial charge < -0.3 is 5.32 Å². The molecular weight excluding hydrogens is 228 g/mol. The van der Waals surface area contributed by atoms with Gasteiger partial charge in [-0.3, -0.25) is 4.79 Å². The predicted octanol–water partition coefficient (Wildman–Crippen LogP) is 0.361. The zero-order valence-electron chi connectivity index (χ0n) is 9.66. The van der Waals surface area contributed by atoms with Crippen molar-refractivity contribution in [2.45, 2.75) is 39.0 Å². The number of nitrogens with two attached hydrogens (primary N) is 1. The van der Waals surface area contributed by atoms with E-state index in [0.717, 1.165) is 25.7 Å². The van der Waals surface area contributed by atoms with Crippen LogP contribution in [-0.2, 0) is 14.8 Å². The molecule has 0 aromatic rings. The summed E-state index contributed by atoms with van der Waals surface area (Å²) in [5, 5.41) is 7.64. The highest BCUT2D eigenvalue weighted by Crippen LogP contribution is 2.37. The molecule has 5 nitrogen and oxygen atoms in total. The summed E-state index contributed by atoms with van der Waals surface area (Å²) in [7, 11) is -3.41. The topological polar surface area (TPSA) is 89.3 Å². The van der Waals surface area contributed by atoms with E-state index < -0.39 is 10.0 Å². The number of rotatable bonds is 5. The summed E-state index contributed by atoms with van der Waals surface area (Å²) >= 11 is 0. The Morgan fingerprint density at radius 1 is 1.38 bits per heavy atom. The number of hydrogen-bond acceptors (Lipinski definition) is 3. The molecule has 0 radical (unpaired) electrons. The molecule has 6 heteroatoms. The molecule has 0 atom stereocenters. The third-order valence-corrected chi connectivity index (χ3v) is 4.00.